The summed E-state index contributed by atoms with van der Waals surface area (Å²) in [6.07, 6.45) is 0.950. The predicted octanol–water partition coefficient (Wildman–Crippen LogP) is 5.46. The number of nitrogens with zero attached hydrogens (tertiary/aromatic N) is 2. The number of anilines is 1. The molecule has 5 rings (SSSR count). The first kappa shape index (κ1) is 23.5. The van der Waals surface area contributed by atoms with Crippen molar-refractivity contribution in [3.63, 3.8) is 0 Å². The lowest BCUT2D eigenvalue weighted by atomic mass is 10.0. The summed E-state index contributed by atoms with van der Waals surface area (Å²) in [6, 6.07) is 15.3. The highest BCUT2D eigenvalue weighted by Gasteiger charge is 2.26. The largest absolute Gasteiger partial charge is 0.497 e. The molecule has 2 aromatic heterocycles. The van der Waals surface area contributed by atoms with Gasteiger partial charge in [-0.1, -0.05) is 12.1 Å². The predicted molar refractivity (Wildman–Crippen MR) is 137 cm³/mol. The van der Waals surface area contributed by atoms with Crippen molar-refractivity contribution in [3.05, 3.63) is 59.0 Å². The maximum atomic E-state index is 12.8. The van der Waals surface area contributed by atoms with E-state index >= 15 is 0 Å². The molecule has 33 heavy (non-hydrogen) atoms. The molecule has 4 aromatic rings. The van der Waals surface area contributed by atoms with Crippen LogP contribution in [0.3, 0.4) is 0 Å². The van der Waals surface area contributed by atoms with Crippen LogP contribution in [0.2, 0.25) is 0 Å². The summed E-state index contributed by atoms with van der Waals surface area (Å²) in [5, 5.41) is 4.91. The van der Waals surface area contributed by atoms with Crippen LogP contribution in [-0.4, -0.2) is 43.1 Å². The fraction of sp³-hybridized carbons (Fsp3) is 0.250. The number of carbonyl (C=O) groups excluding carboxylic acids is 1. The number of para-hydroxylation sites is 1. The third-order valence-electron chi connectivity index (χ3n) is 5.44. The van der Waals surface area contributed by atoms with Gasteiger partial charge in [0.15, 0.2) is 6.61 Å². The van der Waals surface area contributed by atoms with Gasteiger partial charge < -0.3 is 19.7 Å². The minimum absolute atomic E-state index is 0. The second-order valence-corrected chi connectivity index (χ2v) is 9.83. The molecule has 1 aliphatic rings. The fourth-order valence-electron chi connectivity index (χ4n) is 3.81. The summed E-state index contributed by atoms with van der Waals surface area (Å²) in [4.78, 5) is 21.2. The Hall–Kier alpha value is -2.65. The Morgan fingerprint density at radius 2 is 1.88 bits per heavy atom. The number of likely N-dealkylation sites (N-methyl/N-ethyl adjacent to an activating group) is 1. The van der Waals surface area contributed by atoms with E-state index in [1.54, 1.807) is 41.9 Å². The molecule has 9 heteroatoms. The number of thiazole rings is 1. The van der Waals surface area contributed by atoms with E-state index in [0.29, 0.717) is 5.75 Å². The van der Waals surface area contributed by atoms with Gasteiger partial charge in [-0.25, -0.2) is 4.98 Å². The van der Waals surface area contributed by atoms with Crippen LogP contribution < -0.4 is 14.8 Å². The number of amides is 1. The Morgan fingerprint density at radius 3 is 2.64 bits per heavy atom. The topological polar surface area (TPSA) is 63.7 Å². The minimum Gasteiger partial charge on any atom is -0.497 e. The smallest absolute Gasteiger partial charge is 0.262 e. The van der Waals surface area contributed by atoms with E-state index in [1.807, 2.05) is 30.3 Å². The highest BCUT2D eigenvalue weighted by atomic mass is 35.5. The SMILES string of the molecule is COc1ccc(OCC(=O)Nc2sc3c(c2-c2nc4ccccc4s2)CCN(C)C3)cc1.Cl. The molecule has 0 unspecified atom stereocenters. The van der Waals surface area contributed by atoms with Gasteiger partial charge in [0.05, 0.1) is 17.3 Å². The number of benzene rings is 2. The molecule has 0 spiro atoms. The lowest BCUT2D eigenvalue weighted by Gasteiger charge is -2.22. The van der Waals surface area contributed by atoms with Gasteiger partial charge in [-0.3, -0.25) is 4.79 Å². The van der Waals surface area contributed by atoms with E-state index in [4.69, 9.17) is 14.5 Å². The van der Waals surface area contributed by atoms with Gasteiger partial charge in [0.25, 0.3) is 5.91 Å². The van der Waals surface area contributed by atoms with E-state index in [-0.39, 0.29) is 24.9 Å². The molecule has 0 bridgehead atoms. The van der Waals surface area contributed by atoms with Crippen molar-refractivity contribution < 1.29 is 14.3 Å². The summed E-state index contributed by atoms with van der Waals surface area (Å²) in [6.45, 7) is 1.82. The van der Waals surface area contributed by atoms with Crippen molar-refractivity contribution >= 4 is 56.2 Å². The lowest BCUT2D eigenvalue weighted by molar-refractivity contribution is -0.118. The third-order valence-corrected chi connectivity index (χ3v) is 7.62. The molecular weight excluding hydrogens is 478 g/mol. The summed E-state index contributed by atoms with van der Waals surface area (Å²) in [5.74, 6) is 1.19. The van der Waals surface area contributed by atoms with Crippen LogP contribution >= 0.6 is 35.1 Å². The number of rotatable bonds is 6. The number of thiophene rings is 1. The molecule has 172 valence electrons. The highest BCUT2D eigenvalue weighted by molar-refractivity contribution is 7.22. The number of fused-ring (bicyclic) bond motifs is 2. The van der Waals surface area contributed by atoms with E-state index in [9.17, 15) is 4.79 Å². The Morgan fingerprint density at radius 1 is 1.12 bits per heavy atom. The zero-order chi connectivity index (χ0) is 22.1. The van der Waals surface area contributed by atoms with Crippen LogP contribution in [0.4, 0.5) is 5.00 Å². The average molecular weight is 502 g/mol. The Balaban J connectivity index is 0.00000259. The van der Waals surface area contributed by atoms with Crippen molar-refractivity contribution in [3.8, 4) is 22.1 Å². The molecule has 1 amide bonds. The maximum absolute atomic E-state index is 12.8. The second-order valence-electron chi connectivity index (χ2n) is 7.69. The number of hydrogen-bond donors (Lipinski definition) is 1. The number of nitrogens with one attached hydrogen (secondary N) is 1. The zero-order valence-electron chi connectivity index (χ0n) is 18.3. The van der Waals surface area contributed by atoms with Crippen molar-refractivity contribution in [2.45, 2.75) is 13.0 Å². The second kappa shape index (κ2) is 10.1. The molecule has 3 heterocycles. The first-order valence-electron chi connectivity index (χ1n) is 10.4. The van der Waals surface area contributed by atoms with E-state index in [0.717, 1.165) is 51.0 Å². The van der Waals surface area contributed by atoms with Crippen molar-refractivity contribution in [2.75, 3.05) is 32.6 Å². The minimum atomic E-state index is -0.185. The Kier molecular flexibility index (Phi) is 7.19. The first-order valence-corrected chi connectivity index (χ1v) is 12.0. The third kappa shape index (κ3) is 4.99. The van der Waals surface area contributed by atoms with Gasteiger partial charge in [-0.2, -0.15) is 0 Å². The van der Waals surface area contributed by atoms with Crippen LogP contribution in [0, 0.1) is 0 Å². The van der Waals surface area contributed by atoms with Gasteiger partial charge in [0.1, 0.15) is 21.5 Å². The number of hydrogen-bond acceptors (Lipinski definition) is 7. The molecule has 1 aliphatic heterocycles. The van der Waals surface area contributed by atoms with Crippen molar-refractivity contribution in [1.29, 1.82) is 0 Å². The van der Waals surface area contributed by atoms with Crippen LogP contribution in [0.25, 0.3) is 20.8 Å². The number of aromatic nitrogens is 1. The zero-order valence-corrected chi connectivity index (χ0v) is 20.7. The number of halogens is 1. The summed E-state index contributed by atoms with van der Waals surface area (Å²) < 4.78 is 12.0. The van der Waals surface area contributed by atoms with Crippen LogP contribution in [0.1, 0.15) is 10.4 Å². The van der Waals surface area contributed by atoms with Crippen molar-refractivity contribution in [2.24, 2.45) is 0 Å². The standard InChI is InChI=1S/C24H23N3O3S2.ClH/c1-27-12-11-17-20(13-27)32-24(22(17)23-25-18-5-3-4-6-19(18)31-23)26-21(28)14-30-16-9-7-15(29-2)8-10-16;/h3-10H,11-14H2,1-2H3,(H,26,28);1H. The average Bonchev–Trinajstić information content (AvgIpc) is 3.38. The number of carbonyl (C=O) groups is 1. The molecule has 0 saturated heterocycles. The van der Waals surface area contributed by atoms with Gasteiger partial charge in [0, 0.05) is 23.5 Å². The van der Waals surface area contributed by atoms with E-state index in [1.165, 1.54) is 10.4 Å². The van der Waals surface area contributed by atoms with Crippen molar-refractivity contribution in [1.82, 2.24) is 9.88 Å². The number of ether oxygens (including phenoxy) is 2. The molecule has 0 fully saturated rings. The van der Waals surface area contributed by atoms with E-state index in [2.05, 4.69) is 23.3 Å². The summed E-state index contributed by atoms with van der Waals surface area (Å²) in [7, 11) is 3.74. The first-order chi connectivity index (χ1) is 15.6. The van der Waals surface area contributed by atoms with Gasteiger partial charge in [0.2, 0.25) is 0 Å². The molecular formula is C24H24ClN3O3S2. The van der Waals surface area contributed by atoms with Crippen LogP contribution in [0.15, 0.2) is 48.5 Å². The molecule has 0 radical (unpaired) electrons. The van der Waals surface area contributed by atoms with Crippen LogP contribution in [0.5, 0.6) is 11.5 Å². The van der Waals surface area contributed by atoms with Gasteiger partial charge in [-0.15, -0.1) is 35.1 Å². The molecule has 0 aliphatic carbocycles. The highest BCUT2D eigenvalue weighted by Crippen LogP contribution is 2.45. The number of methoxy groups -OCH3 is 1. The monoisotopic (exact) mass is 501 g/mol. The van der Waals surface area contributed by atoms with Gasteiger partial charge in [-0.05, 0) is 55.4 Å². The van der Waals surface area contributed by atoms with Gasteiger partial charge >= 0.3 is 0 Å². The Bertz CT molecular complexity index is 1240. The van der Waals surface area contributed by atoms with Crippen LogP contribution in [-0.2, 0) is 17.8 Å². The molecule has 0 atom stereocenters. The molecule has 2 aromatic carbocycles. The van der Waals surface area contributed by atoms with E-state index < -0.39 is 0 Å². The Labute approximate surface area is 206 Å². The summed E-state index contributed by atoms with van der Waals surface area (Å²) in [5.41, 5.74) is 3.36. The quantitative estimate of drug-likeness (QED) is 0.380. The molecule has 0 saturated carbocycles. The maximum Gasteiger partial charge on any atom is 0.262 e. The summed E-state index contributed by atoms with van der Waals surface area (Å²) >= 11 is 3.32. The lowest BCUT2D eigenvalue weighted by Crippen LogP contribution is -2.25. The molecule has 1 N–H and O–H groups in total. The molecule has 6 nitrogen and oxygen atoms in total. The fourth-order valence-corrected chi connectivity index (χ4v) is 6.26. The normalized spacial score (nSPS) is 13.3.